The molecule has 0 saturated heterocycles. The van der Waals surface area contributed by atoms with Crippen molar-refractivity contribution in [1.82, 2.24) is 10.2 Å². The highest BCUT2D eigenvalue weighted by atomic mass is 32.2. The van der Waals surface area contributed by atoms with E-state index < -0.39 is 0 Å². The van der Waals surface area contributed by atoms with E-state index in [-0.39, 0.29) is 11.7 Å². The molecule has 3 aromatic rings. The van der Waals surface area contributed by atoms with Gasteiger partial charge in [0.25, 0.3) is 11.1 Å². The van der Waals surface area contributed by atoms with Crippen LogP contribution in [0.15, 0.2) is 40.0 Å². The SMILES string of the molecule is C[C@@H]1CCc2sc(-c3nnc(SCC(=O)Nc4cccc(C#N)c4)o3)cc2C1. The Hall–Kier alpha value is -2.63. The van der Waals surface area contributed by atoms with E-state index in [0.29, 0.717) is 22.4 Å². The van der Waals surface area contributed by atoms with E-state index >= 15 is 0 Å². The van der Waals surface area contributed by atoms with Gasteiger partial charge in [0.1, 0.15) is 0 Å². The van der Waals surface area contributed by atoms with Crippen LogP contribution in [0.3, 0.4) is 0 Å². The Kier molecular flexibility index (Phi) is 5.46. The molecule has 0 radical (unpaired) electrons. The van der Waals surface area contributed by atoms with Crippen molar-refractivity contribution < 1.29 is 9.21 Å². The van der Waals surface area contributed by atoms with Crippen LogP contribution < -0.4 is 5.32 Å². The molecule has 2 aromatic heterocycles. The minimum absolute atomic E-state index is 0.150. The Morgan fingerprint density at radius 1 is 1.43 bits per heavy atom. The van der Waals surface area contributed by atoms with E-state index in [2.05, 4.69) is 28.5 Å². The largest absolute Gasteiger partial charge is 0.410 e. The number of fused-ring (bicyclic) bond motifs is 1. The second-order valence-electron chi connectivity index (χ2n) is 6.81. The van der Waals surface area contributed by atoms with Crippen LogP contribution in [0.25, 0.3) is 10.8 Å². The first-order valence-corrected chi connectivity index (χ1v) is 10.8. The molecule has 0 fully saturated rings. The van der Waals surface area contributed by atoms with E-state index in [1.807, 2.05) is 6.07 Å². The molecule has 2 heterocycles. The lowest BCUT2D eigenvalue weighted by Gasteiger charge is -2.16. The zero-order valence-electron chi connectivity index (χ0n) is 15.3. The fourth-order valence-electron chi connectivity index (χ4n) is 3.17. The summed E-state index contributed by atoms with van der Waals surface area (Å²) < 4.78 is 5.74. The zero-order valence-corrected chi connectivity index (χ0v) is 16.9. The molecule has 1 N–H and O–H groups in total. The minimum atomic E-state index is -0.194. The van der Waals surface area contributed by atoms with Gasteiger partial charge in [0.05, 0.1) is 22.3 Å². The number of thiophene rings is 1. The summed E-state index contributed by atoms with van der Waals surface area (Å²) in [5, 5.41) is 20.2. The number of anilines is 1. The van der Waals surface area contributed by atoms with Crippen molar-refractivity contribution in [2.75, 3.05) is 11.1 Å². The summed E-state index contributed by atoms with van der Waals surface area (Å²) in [6, 6.07) is 11.0. The summed E-state index contributed by atoms with van der Waals surface area (Å²) in [5.74, 6) is 1.19. The number of nitrogens with zero attached hydrogens (tertiary/aromatic N) is 3. The van der Waals surface area contributed by atoms with Crippen molar-refractivity contribution in [3.05, 3.63) is 46.3 Å². The van der Waals surface area contributed by atoms with Crippen LogP contribution in [0.1, 0.15) is 29.3 Å². The lowest BCUT2D eigenvalue weighted by atomic mass is 9.90. The Morgan fingerprint density at radius 2 is 2.32 bits per heavy atom. The molecule has 1 amide bonds. The van der Waals surface area contributed by atoms with Crippen molar-refractivity contribution in [3.8, 4) is 16.8 Å². The molecule has 142 valence electrons. The van der Waals surface area contributed by atoms with Gasteiger partial charge in [-0.05, 0) is 55.0 Å². The van der Waals surface area contributed by atoms with Gasteiger partial charge in [-0.3, -0.25) is 4.79 Å². The molecule has 28 heavy (non-hydrogen) atoms. The number of carbonyl (C=O) groups is 1. The summed E-state index contributed by atoms with van der Waals surface area (Å²) >= 11 is 2.92. The highest BCUT2D eigenvalue weighted by Crippen LogP contribution is 2.37. The third kappa shape index (κ3) is 4.26. The molecule has 1 aromatic carbocycles. The summed E-state index contributed by atoms with van der Waals surface area (Å²) in [7, 11) is 0. The molecule has 0 spiro atoms. The van der Waals surface area contributed by atoms with E-state index in [4.69, 9.17) is 9.68 Å². The average Bonchev–Trinajstić information content (AvgIpc) is 3.33. The van der Waals surface area contributed by atoms with Crippen molar-refractivity contribution >= 4 is 34.7 Å². The molecule has 0 bridgehead atoms. The standard InChI is InChI=1S/C20H18N4O2S2/c1-12-5-6-16-14(7-12)9-17(28-16)19-23-24-20(26-19)27-11-18(25)22-15-4-2-3-13(8-15)10-21/h2-4,8-9,12H,5-7,11H2,1H3,(H,22,25)/t12-/m1/s1. The van der Waals surface area contributed by atoms with Crippen LogP contribution in [0.5, 0.6) is 0 Å². The van der Waals surface area contributed by atoms with Crippen LogP contribution in [-0.4, -0.2) is 21.9 Å². The van der Waals surface area contributed by atoms with Gasteiger partial charge in [-0.2, -0.15) is 5.26 Å². The first-order chi connectivity index (χ1) is 13.6. The Morgan fingerprint density at radius 3 is 3.18 bits per heavy atom. The smallest absolute Gasteiger partial charge is 0.277 e. The number of aryl methyl sites for hydroxylation is 1. The molecule has 8 heteroatoms. The van der Waals surface area contributed by atoms with Crippen molar-refractivity contribution in [3.63, 3.8) is 0 Å². The maximum atomic E-state index is 12.1. The number of carbonyl (C=O) groups excluding carboxylic acids is 1. The highest BCUT2D eigenvalue weighted by molar-refractivity contribution is 7.99. The zero-order chi connectivity index (χ0) is 19.5. The molecule has 0 aliphatic heterocycles. The van der Waals surface area contributed by atoms with Crippen molar-refractivity contribution in [2.45, 2.75) is 31.4 Å². The molecule has 0 saturated carbocycles. The number of nitriles is 1. The monoisotopic (exact) mass is 410 g/mol. The first-order valence-electron chi connectivity index (χ1n) is 8.99. The Balaban J connectivity index is 1.36. The summed E-state index contributed by atoms with van der Waals surface area (Å²) in [5.41, 5.74) is 2.49. The van der Waals surface area contributed by atoms with Gasteiger partial charge in [-0.1, -0.05) is 24.8 Å². The molecular formula is C20H18N4O2S2. The molecule has 0 unspecified atom stereocenters. The summed E-state index contributed by atoms with van der Waals surface area (Å²) in [6.45, 7) is 2.28. The third-order valence-electron chi connectivity index (χ3n) is 4.55. The van der Waals surface area contributed by atoms with Gasteiger partial charge in [0.2, 0.25) is 5.91 Å². The third-order valence-corrected chi connectivity index (χ3v) is 6.59. The topological polar surface area (TPSA) is 91.8 Å². The predicted molar refractivity (Wildman–Crippen MR) is 109 cm³/mol. The van der Waals surface area contributed by atoms with E-state index in [0.717, 1.165) is 23.6 Å². The van der Waals surface area contributed by atoms with Gasteiger partial charge < -0.3 is 9.73 Å². The lowest BCUT2D eigenvalue weighted by molar-refractivity contribution is -0.113. The van der Waals surface area contributed by atoms with Crippen LogP contribution in [0.4, 0.5) is 5.69 Å². The van der Waals surface area contributed by atoms with Crippen LogP contribution in [-0.2, 0) is 17.6 Å². The van der Waals surface area contributed by atoms with E-state index in [1.54, 1.807) is 35.6 Å². The molecule has 6 nitrogen and oxygen atoms in total. The average molecular weight is 411 g/mol. The van der Waals surface area contributed by atoms with Gasteiger partial charge >= 0.3 is 0 Å². The Bertz CT molecular complexity index is 1050. The fourth-order valence-corrected chi connectivity index (χ4v) is 4.86. The predicted octanol–water partition coefficient (Wildman–Crippen LogP) is 4.53. The van der Waals surface area contributed by atoms with Crippen LogP contribution >= 0.6 is 23.1 Å². The summed E-state index contributed by atoms with van der Waals surface area (Å²) in [6.07, 6.45) is 3.45. The number of rotatable bonds is 5. The van der Waals surface area contributed by atoms with Crippen molar-refractivity contribution in [2.24, 2.45) is 5.92 Å². The van der Waals surface area contributed by atoms with Gasteiger partial charge in [0.15, 0.2) is 0 Å². The number of hydrogen-bond donors (Lipinski definition) is 1. The van der Waals surface area contributed by atoms with Crippen LogP contribution in [0, 0.1) is 17.2 Å². The molecule has 4 rings (SSSR count). The molecule has 1 aliphatic carbocycles. The first kappa shape index (κ1) is 18.7. The number of nitrogens with one attached hydrogen (secondary N) is 1. The quantitative estimate of drug-likeness (QED) is 0.622. The number of hydrogen-bond acceptors (Lipinski definition) is 7. The van der Waals surface area contributed by atoms with Crippen LogP contribution in [0.2, 0.25) is 0 Å². The maximum absolute atomic E-state index is 12.1. The van der Waals surface area contributed by atoms with E-state index in [9.17, 15) is 4.79 Å². The fraction of sp³-hybridized carbons (Fsp3) is 0.300. The van der Waals surface area contributed by atoms with Gasteiger partial charge in [-0.25, -0.2) is 0 Å². The number of aromatic nitrogens is 2. The van der Waals surface area contributed by atoms with Gasteiger partial charge in [-0.15, -0.1) is 21.5 Å². The molecular weight excluding hydrogens is 392 g/mol. The summed E-state index contributed by atoms with van der Waals surface area (Å²) in [4.78, 5) is 14.5. The minimum Gasteiger partial charge on any atom is -0.410 e. The van der Waals surface area contributed by atoms with Gasteiger partial charge in [0, 0.05) is 10.6 Å². The molecule has 1 aliphatic rings. The number of benzene rings is 1. The van der Waals surface area contributed by atoms with E-state index in [1.165, 1.54) is 28.6 Å². The highest BCUT2D eigenvalue weighted by Gasteiger charge is 2.21. The van der Waals surface area contributed by atoms with Crippen molar-refractivity contribution in [1.29, 1.82) is 5.26 Å². The number of amides is 1. The normalized spacial score (nSPS) is 15.6. The second kappa shape index (κ2) is 8.17. The molecule has 1 atom stereocenters. The maximum Gasteiger partial charge on any atom is 0.277 e. The lowest BCUT2D eigenvalue weighted by Crippen LogP contribution is -2.14. The Labute approximate surface area is 171 Å². The second-order valence-corrected chi connectivity index (χ2v) is 8.87. The number of thioether (sulfide) groups is 1.